The summed E-state index contributed by atoms with van der Waals surface area (Å²) in [6.45, 7) is 2.83. The summed E-state index contributed by atoms with van der Waals surface area (Å²) in [6.07, 6.45) is 0.642. The maximum absolute atomic E-state index is 11.8. The van der Waals surface area contributed by atoms with Crippen LogP contribution in [0.3, 0.4) is 0 Å². The van der Waals surface area contributed by atoms with Crippen LogP contribution in [0.4, 0.5) is 0 Å². The lowest BCUT2D eigenvalue weighted by Crippen LogP contribution is -2.31. The summed E-state index contributed by atoms with van der Waals surface area (Å²) >= 11 is 1.29. The number of thioether (sulfide) groups is 1. The minimum atomic E-state index is -0.835. The van der Waals surface area contributed by atoms with E-state index in [0.29, 0.717) is 25.3 Å². The monoisotopic (exact) mass is 311 g/mol. The zero-order valence-electron chi connectivity index (χ0n) is 12.1. The van der Waals surface area contributed by atoms with Crippen molar-refractivity contribution in [2.24, 2.45) is 5.92 Å². The second-order valence-electron chi connectivity index (χ2n) is 4.59. The number of rotatable bonds is 10. The molecular weight excluding hydrogens is 290 g/mol. The van der Waals surface area contributed by atoms with Gasteiger partial charge in [0.1, 0.15) is 5.75 Å². The van der Waals surface area contributed by atoms with E-state index in [4.69, 9.17) is 9.84 Å². The molecule has 6 heteroatoms. The number of para-hydroxylation sites is 1. The van der Waals surface area contributed by atoms with Gasteiger partial charge in [-0.15, -0.1) is 11.8 Å². The van der Waals surface area contributed by atoms with Crippen molar-refractivity contribution in [2.45, 2.75) is 13.3 Å². The number of carboxylic acids is 1. The number of nitrogens with one attached hydrogen (secondary N) is 1. The molecule has 0 heterocycles. The highest BCUT2D eigenvalue weighted by molar-refractivity contribution is 7.99. The fourth-order valence-corrected chi connectivity index (χ4v) is 2.15. The number of aliphatic carboxylic acids is 1. The van der Waals surface area contributed by atoms with Gasteiger partial charge in [0.25, 0.3) is 0 Å². The third-order valence-electron chi connectivity index (χ3n) is 2.78. The maximum Gasteiger partial charge on any atom is 0.313 e. The van der Waals surface area contributed by atoms with Gasteiger partial charge in [0, 0.05) is 18.2 Å². The van der Waals surface area contributed by atoms with Crippen LogP contribution in [0.2, 0.25) is 0 Å². The fourth-order valence-electron chi connectivity index (χ4n) is 1.58. The number of benzene rings is 1. The van der Waals surface area contributed by atoms with E-state index in [1.807, 2.05) is 37.3 Å². The molecule has 0 bridgehead atoms. The molecule has 1 aromatic rings. The van der Waals surface area contributed by atoms with E-state index >= 15 is 0 Å². The van der Waals surface area contributed by atoms with Crippen molar-refractivity contribution < 1.29 is 19.4 Å². The molecule has 0 fully saturated rings. The quantitative estimate of drug-likeness (QED) is 0.647. The van der Waals surface area contributed by atoms with Crippen molar-refractivity contribution in [3.63, 3.8) is 0 Å². The Hall–Kier alpha value is -1.69. The highest BCUT2D eigenvalue weighted by Crippen LogP contribution is 2.10. The van der Waals surface area contributed by atoms with Crippen molar-refractivity contribution in [1.29, 1.82) is 0 Å². The summed E-state index contributed by atoms with van der Waals surface area (Å²) in [5.74, 6) is 0.482. The zero-order valence-corrected chi connectivity index (χ0v) is 12.9. The second kappa shape index (κ2) is 10.1. The first-order valence-corrected chi connectivity index (χ1v) is 8.00. The lowest BCUT2D eigenvalue weighted by molar-refractivity contribution is -0.134. The van der Waals surface area contributed by atoms with Crippen LogP contribution in [0.5, 0.6) is 5.75 Å². The maximum atomic E-state index is 11.8. The van der Waals surface area contributed by atoms with E-state index in [9.17, 15) is 9.59 Å². The summed E-state index contributed by atoms with van der Waals surface area (Å²) in [5.41, 5.74) is 0. The average Bonchev–Trinajstić information content (AvgIpc) is 2.47. The molecule has 0 spiro atoms. The van der Waals surface area contributed by atoms with E-state index in [1.54, 1.807) is 0 Å². The SMILES string of the molecule is CC(CCOc1ccccc1)C(=O)NCCSCC(=O)O. The number of hydrogen-bond acceptors (Lipinski definition) is 4. The molecule has 0 aliphatic heterocycles. The number of ether oxygens (including phenoxy) is 1. The van der Waals surface area contributed by atoms with Crippen LogP contribution in [-0.2, 0) is 9.59 Å². The van der Waals surface area contributed by atoms with Gasteiger partial charge in [-0.2, -0.15) is 0 Å². The number of hydrogen-bond donors (Lipinski definition) is 2. The highest BCUT2D eigenvalue weighted by Gasteiger charge is 2.12. The van der Waals surface area contributed by atoms with Crippen LogP contribution < -0.4 is 10.1 Å². The van der Waals surface area contributed by atoms with Crippen LogP contribution >= 0.6 is 11.8 Å². The van der Waals surface area contributed by atoms with Crippen molar-refractivity contribution in [1.82, 2.24) is 5.32 Å². The molecule has 1 atom stereocenters. The van der Waals surface area contributed by atoms with Crippen molar-refractivity contribution in [2.75, 3.05) is 24.7 Å². The molecule has 116 valence electrons. The predicted octanol–water partition coefficient (Wildman–Crippen LogP) is 2.03. The van der Waals surface area contributed by atoms with Crippen LogP contribution in [-0.4, -0.2) is 41.6 Å². The molecule has 1 aromatic carbocycles. The van der Waals surface area contributed by atoms with Crippen LogP contribution in [0.25, 0.3) is 0 Å². The van der Waals surface area contributed by atoms with Gasteiger partial charge in [-0.1, -0.05) is 25.1 Å². The van der Waals surface area contributed by atoms with Crippen molar-refractivity contribution >= 4 is 23.6 Å². The van der Waals surface area contributed by atoms with E-state index in [2.05, 4.69) is 5.32 Å². The number of carbonyl (C=O) groups is 2. The highest BCUT2D eigenvalue weighted by atomic mass is 32.2. The number of carboxylic acid groups (broad SMARTS) is 1. The summed E-state index contributed by atoms with van der Waals surface area (Å²) in [6, 6.07) is 9.49. The minimum absolute atomic E-state index is 0.0254. The fraction of sp³-hybridized carbons (Fsp3) is 0.467. The standard InChI is InChI=1S/C15H21NO4S/c1-12(7-9-20-13-5-3-2-4-6-13)15(19)16-8-10-21-11-14(17)18/h2-6,12H,7-11H2,1H3,(H,16,19)(H,17,18). The molecule has 5 nitrogen and oxygen atoms in total. The van der Waals surface area contributed by atoms with Crippen LogP contribution in [0.15, 0.2) is 30.3 Å². The van der Waals surface area contributed by atoms with E-state index in [1.165, 1.54) is 11.8 Å². The minimum Gasteiger partial charge on any atom is -0.494 e. The average molecular weight is 311 g/mol. The number of amides is 1. The largest absolute Gasteiger partial charge is 0.494 e. The lowest BCUT2D eigenvalue weighted by atomic mass is 10.1. The topological polar surface area (TPSA) is 75.6 Å². The van der Waals surface area contributed by atoms with E-state index < -0.39 is 5.97 Å². The molecule has 2 N–H and O–H groups in total. The first-order chi connectivity index (χ1) is 10.1. The normalized spacial score (nSPS) is 11.7. The van der Waals surface area contributed by atoms with Crippen molar-refractivity contribution in [3.05, 3.63) is 30.3 Å². The van der Waals surface area contributed by atoms with Gasteiger partial charge in [0.05, 0.1) is 12.4 Å². The summed E-state index contributed by atoms with van der Waals surface area (Å²) < 4.78 is 5.55. The number of carbonyl (C=O) groups excluding carboxylic acids is 1. The Morgan fingerprint density at radius 3 is 2.71 bits per heavy atom. The molecular formula is C15H21NO4S. The van der Waals surface area contributed by atoms with E-state index in [-0.39, 0.29) is 17.6 Å². The molecule has 0 radical (unpaired) electrons. The molecule has 1 amide bonds. The Morgan fingerprint density at radius 2 is 2.05 bits per heavy atom. The molecule has 0 aliphatic rings. The Morgan fingerprint density at radius 1 is 1.33 bits per heavy atom. The van der Waals surface area contributed by atoms with Gasteiger partial charge in [0.15, 0.2) is 0 Å². The first-order valence-electron chi connectivity index (χ1n) is 6.84. The molecule has 1 unspecified atom stereocenters. The molecule has 21 heavy (non-hydrogen) atoms. The third-order valence-corrected chi connectivity index (χ3v) is 3.73. The van der Waals surface area contributed by atoms with Gasteiger partial charge < -0.3 is 15.2 Å². The Labute approximate surface area is 129 Å². The van der Waals surface area contributed by atoms with Gasteiger partial charge in [-0.25, -0.2) is 0 Å². The molecule has 1 rings (SSSR count). The van der Waals surface area contributed by atoms with Gasteiger partial charge >= 0.3 is 5.97 Å². The predicted molar refractivity (Wildman–Crippen MR) is 83.7 cm³/mol. The Kier molecular flexibility index (Phi) is 8.35. The van der Waals surface area contributed by atoms with Crippen LogP contribution in [0, 0.1) is 5.92 Å². The van der Waals surface area contributed by atoms with E-state index in [0.717, 1.165) is 5.75 Å². The van der Waals surface area contributed by atoms with Gasteiger partial charge in [0.2, 0.25) is 5.91 Å². The zero-order chi connectivity index (χ0) is 15.5. The lowest BCUT2D eigenvalue weighted by Gasteiger charge is -2.12. The second-order valence-corrected chi connectivity index (χ2v) is 5.69. The summed E-state index contributed by atoms with van der Waals surface area (Å²) in [4.78, 5) is 22.1. The third kappa shape index (κ3) is 8.24. The van der Waals surface area contributed by atoms with Gasteiger partial charge in [-0.3, -0.25) is 9.59 Å². The molecule has 0 saturated heterocycles. The van der Waals surface area contributed by atoms with Gasteiger partial charge in [-0.05, 0) is 18.6 Å². The first kappa shape index (κ1) is 17.4. The smallest absolute Gasteiger partial charge is 0.313 e. The molecule has 0 aromatic heterocycles. The van der Waals surface area contributed by atoms with Crippen LogP contribution in [0.1, 0.15) is 13.3 Å². The summed E-state index contributed by atoms with van der Waals surface area (Å²) in [7, 11) is 0. The van der Waals surface area contributed by atoms with Crippen molar-refractivity contribution in [3.8, 4) is 5.75 Å². The molecule has 0 saturated carbocycles. The Bertz CT molecular complexity index is 439. The summed E-state index contributed by atoms with van der Waals surface area (Å²) in [5, 5.41) is 11.3. The Balaban J connectivity index is 2.09. The molecule has 0 aliphatic carbocycles.